The topological polar surface area (TPSA) is 54.0 Å². The number of carbonyl (C=O) groups excluding carboxylic acids is 1. The van der Waals surface area contributed by atoms with Crippen LogP contribution in [0, 0.1) is 5.82 Å². The summed E-state index contributed by atoms with van der Waals surface area (Å²) in [5.74, 6) is 1.04. The van der Waals surface area contributed by atoms with E-state index in [0.29, 0.717) is 32.1 Å². The molecule has 2 aromatic carbocycles. The van der Waals surface area contributed by atoms with Gasteiger partial charge >= 0.3 is 6.03 Å². The largest absolute Gasteiger partial charge is 0.494 e. The van der Waals surface area contributed by atoms with E-state index in [-0.39, 0.29) is 17.9 Å². The summed E-state index contributed by atoms with van der Waals surface area (Å²) in [7, 11) is 2.11. The quantitative estimate of drug-likeness (QED) is 0.344. The zero-order chi connectivity index (χ0) is 25.8. The van der Waals surface area contributed by atoms with Crippen molar-refractivity contribution < 1.29 is 18.7 Å². The Labute approximate surface area is 215 Å². The number of benzene rings is 2. The van der Waals surface area contributed by atoms with E-state index in [4.69, 9.17) is 9.47 Å². The fraction of sp³-hybridized carbons (Fsp3) is 0.552. The van der Waals surface area contributed by atoms with Crippen LogP contribution in [0.5, 0.6) is 11.5 Å². The fourth-order valence-corrected chi connectivity index (χ4v) is 4.29. The third kappa shape index (κ3) is 8.70. The van der Waals surface area contributed by atoms with Crippen LogP contribution < -0.4 is 14.8 Å². The Kier molecular flexibility index (Phi) is 11.3. The molecule has 0 unspecified atom stereocenters. The van der Waals surface area contributed by atoms with Crippen LogP contribution in [0.2, 0.25) is 0 Å². The number of unbranched alkanes of at least 4 members (excludes halogenated alkanes) is 2. The normalized spacial score (nSPS) is 14.4. The molecule has 2 amide bonds. The summed E-state index contributed by atoms with van der Waals surface area (Å²) < 4.78 is 25.6. The molecular formula is C29H42FN3O3. The Morgan fingerprint density at radius 3 is 2.36 bits per heavy atom. The zero-order valence-corrected chi connectivity index (χ0v) is 22.1. The second-order valence-electron chi connectivity index (χ2n) is 9.62. The highest BCUT2D eigenvalue weighted by molar-refractivity contribution is 5.74. The van der Waals surface area contributed by atoms with Gasteiger partial charge in [-0.25, -0.2) is 9.18 Å². The molecule has 2 aromatic rings. The first-order valence-corrected chi connectivity index (χ1v) is 13.4. The first-order chi connectivity index (χ1) is 17.5. The maximum Gasteiger partial charge on any atom is 0.318 e. The molecule has 0 spiro atoms. The predicted octanol–water partition coefficient (Wildman–Crippen LogP) is 5.99. The number of carbonyl (C=O) groups is 1. The van der Waals surface area contributed by atoms with Crippen molar-refractivity contribution in [2.24, 2.45) is 0 Å². The number of piperidine rings is 1. The van der Waals surface area contributed by atoms with E-state index >= 15 is 0 Å². The van der Waals surface area contributed by atoms with Crippen molar-refractivity contribution in [2.75, 3.05) is 33.4 Å². The number of halogens is 1. The number of amides is 2. The van der Waals surface area contributed by atoms with Gasteiger partial charge in [0.05, 0.1) is 19.8 Å². The highest BCUT2D eigenvalue weighted by atomic mass is 19.1. The molecule has 1 fully saturated rings. The van der Waals surface area contributed by atoms with Gasteiger partial charge in [-0.1, -0.05) is 44.9 Å². The molecule has 1 aliphatic rings. The van der Waals surface area contributed by atoms with E-state index < -0.39 is 0 Å². The average molecular weight is 500 g/mol. The third-order valence-corrected chi connectivity index (χ3v) is 6.65. The minimum Gasteiger partial charge on any atom is -0.494 e. The van der Waals surface area contributed by atoms with Gasteiger partial charge in [0.25, 0.3) is 0 Å². The highest BCUT2D eigenvalue weighted by Gasteiger charge is 2.28. The molecular weight excluding hydrogens is 457 g/mol. The molecule has 0 saturated carbocycles. The molecule has 1 N–H and O–H groups in total. The van der Waals surface area contributed by atoms with E-state index in [1.165, 1.54) is 12.1 Å². The molecule has 1 saturated heterocycles. The molecule has 0 aromatic heterocycles. The lowest BCUT2D eigenvalue weighted by atomic mass is 10.0. The predicted molar refractivity (Wildman–Crippen MR) is 142 cm³/mol. The number of hydrogen-bond acceptors (Lipinski definition) is 4. The average Bonchev–Trinajstić information content (AvgIpc) is 2.88. The van der Waals surface area contributed by atoms with Crippen molar-refractivity contribution in [3.63, 3.8) is 0 Å². The zero-order valence-electron chi connectivity index (χ0n) is 22.1. The Balaban J connectivity index is 1.68. The maximum atomic E-state index is 14.0. The molecule has 198 valence electrons. The summed E-state index contributed by atoms with van der Waals surface area (Å²) in [6, 6.07) is 12.5. The van der Waals surface area contributed by atoms with Crippen molar-refractivity contribution in [3.8, 4) is 11.5 Å². The summed E-state index contributed by atoms with van der Waals surface area (Å²) >= 11 is 0. The van der Waals surface area contributed by atoms with Gasteiger partial charge in [-0.3, -0.25) is 0 Å². The second kappa shape index (κ2) is 14.7. The molecule has 0 radical (unpaired) electrons. The van der Waals surface area contributed by atoms with E-state index in [1.807, 2.05) is 29.2 Å². The summed E-state index contributed by atoms with van der Waals surface area (Å²) in [6.07, 6.45) is 5.84. The lowest BCUT2D eigenvalue weighted by Gasteiger charge is -2.37. The lowest BCUT2D eigenvalue weighted by molar-refractivity contribution is 0.126. The molecule has 6 nitrogen and oxygen atoms in total. The highest BCUT2D eigenvalue weighted by Crippen LogP contribution is 2.26. The molecule has 7 heteroatoms. The standard InChI is InChI=1S/C29H42FN3O3/c1-4-6-18-35-27-12-8-23(9-13-27)21-31-29(34)33(26-14-16-32(3)17-15-26)22-24-10-11-25(30)20-28(24)36-19-7-5-2/h8-13,20,26H,4-7,14-19,21-22H2,1-3H3,(H,31,34). The minimum absolute atomic E-state index is 0.114. The molecule has 1 heterocycles. The fourth-order valence-electron chi connectivity index (χ4n) is 4.29. The van der Waals surface area contributed by atoms with E-state index in [1.54, 1.807) is 6.07 Å². The number of nitrogens with zero attached hydrogens (tertiary/aromatic N) is 2. The molecule has 1 aliphatic heterocycles. The Morgan fingerprint density at radius 2 is 1.69 bits per heavy atom. The molecule has 0 aliphatic carbocycles. The first kappa shape index (κ1) is 27.8. The maximum absolute atomic E-state index is 14.0. The Bertz CT molecular complexity index is 930. The lowest BCUT2D eigenvalue weighted by Crippen LogP contribution is -2.49. The van der Waals surface area contributed by atoms with Crippen LogP contribution in [0.15, 0.2) is 42.5 Å². The SMILES string of the molecule is CCCCOc1ccc(CNC(=O)N(Cc2ccc(F)cc2OCCCC)C2CCN(C)CC2)cc1. The second-order valence-corrected chi connectivity index (χ2v) is 9.62. The van der Waals surface area contributed by atoms with Gasteiger partial charge in [-0.15, -0.1) is 0 Å². The van der Waals surface area contributed by atoms with Crippen LogP contribution in [0.3, 0.4) is 0 Å². The van der Waals surface area contributed by atoms with Crippen LogP contribution >= 0.6 is 0 Å². The van der Waals surface area contributed by atoms with E-state index in [2.05, 4.69) is 31.1 Å². The van der Waals surface area contributed by atoms with E-state index in [9.17, 15) is 9.18 Å². The van der Waals surface area contributed by atoms with Gasteiger partial charge in [-0.05, 0) is 69.6 Å². The van der Waals surface area contributed by atoms with E-state index in [0.717, 1.165) is 68.5 Å². The molecule has 0 atom stereocenters. The van der Waals surface area contributed by atoms with Gasteiger partial charge in [0, 0.05) is 24.2 Å². The summed E-state index contributed by atoms with van der Waals surface area (Å²) in [5.41, 5.74) is 1.84. The Hall–Kier alpha value is -2.80. The van der Waals surface area contributed by atoms with Gasteiger partial charge in [0.2, 0.25) is 0 Å². The van der Waals surface area contributed by atoms with Crippen molar-refractivity contribution in [2.45, 2.75) is 71.5 Å². The number of ether oxygens (including phenoxy) is 2. The minimum atomic E-state index is -0.331. The van der Waals surface area contributed by atoms with Crippen LogP contribution in [0.25, 0.3) is 0 Å². The van der Waals surface area contributed by atoms with Crippen LogP contribution in [0.4, 0.5) is 9.18 Å². The smallest absolute Gasteiger partial charge is 0.318 e. The van der Waals surface area contributed by atoms with Crippen LogP contribution in [0.1, 0.15) is 63.5 Å². The number of urea groups is 1. The van der Waals surface area contributed by atoms with Gasteiger partial charge < -0.3 is 24.6 Å². The van der Waals surface area contributed by atoms with Gasteiger partial charge in [0.1, 0.15) is 17.3 Å². The summed E-state index contributed by atoms with van der Waals surface area (Å²) in [4.78, 5) is 17.6. The Morgan fingerprint density at radius 1 is 1.03 bits per heavy atom. The third-order valence-electron chi connectivity index (χ3n) is 6.65. The number of nitrogens with one attached hydrogen (secondary N) is 1. The van der Waals surface area contributed by atoms with Crippen LogP contribution in [-0.2, 0) is 13.1 Å². The molecule has 0 bridgehead atoms. The van der Waals surface area contributed by atoms with Crippen molar-refractivity contribution in [1.29, 1.82) is 0 Å². The number of likely N-dealkylation sites (tertiary alicyclic amines) is 1. The first-order valence-electron chi connectivity index (χ1n) is 13.4. The van der Waals surface area contributed by atoms with Crippen LogP contribution in [-0.4, -0.2) is 55.2 Å². The summed E-state index contributed by atoms with van der Waals surface area (Å²) in [5, 5.41) is 3.10. The van der Waals surface area contributed by atoms with Gasteiger partial charge in [-0.2, -0.15) is 0 Å². The molecule has 36 heavy (non-hydrogen) atoms. The van der Waals surface area contributed by atoms with Crippen molar-refractivity contribution in [3.05, 3.63) is 59.4 Å². The molecule has 3 rings (SSSR count). The summed E-state index contributed by atoms with van der Waals surface area (Å²) in [6.45, 7) is 8.17. The monoisotopic (exact) mass is 499 g/mol. The number of rotatable bonds is 13. The van der Waals surface area contributed by atoms with Crippen molar-refractivity contribution >= 4 is 6.03 Å². The van der Waals surface area contributed by atoms with Gasteiger partial charge in [0.15, 0.2) is 0 Å². The number of hydrogen-bond donors (Lipinski definition) is 1. The van der Waals surface area contributed by atoms with Crippen molar-refractivity contribution in [1.82, 2.24) is 15.1 Å².